The zero-order valence-corrected chi connectivity index (χ0v) is 10.4. The molecule has 1 N–H and O–H groups in total. The summed E-state index contributed by atoms with van der Waals surface area (Å²) in [7, 11) is 0. The molecule has 94 valence electrons. The third-order valence-electron chi connectivity index (χ3n) is 2.79. The van der Waals surface area contributed by atoms with Crippen LogP contribution in [0.2, 0.25) is 5.02 Å². The molecule has 2 rings (SSSR count). The van der Waals surface area contributed by atoms with Crippen molar-refractivity contribution in [3.8, 4) is 0 Å². The zero-order chi connectivity index (χ0) is 13.3. The van der Waals surface area contributed by atoms with E-state index in [1.54, 1.807) is 18.2 Å². The number of hydrogen-bond acceptors (Lipinski definition) is 1. The topological polar surface area (TPSA) is 20.2 Å². The Bertz CT molecular complexity index is 584. The molecular weight excluding hydrogens is 258 g/mol. The molecule has 0 heterocycles. The minimum absolute atomic E-state index is 0.102. The van der Waals surface area contributed by atoms with Crippen molar-refractivity contribution >= 4 is 11.6 Å². The maximum atomic E-state index is 13.5. The van der Waals surface area contributed by atoms with E-state index in [-0.39, 0.29) is 5.56 Å². The fourth-order valence-electron chi connectivity index (χ4n) is 1.69. The first kappa shape index (κ1) is 13.0. The Labute approximate surface area is 109 Å². The molecule has 0 bridgehead atoms. The molecule has 0 saturated carbocycles. The number of aliphatic hydroxyl groups is 1. The van der Waals surface area contributed by atoms with E-state index in [1.807, 2.05) is 6.92 Å². The molecule has 1 unspecified atom stereocenters. The normalized spacial score (nSPS) is 12.5. The number of benzene rings is 2. The fraction of sp³-hybridized carbons (Fsp3) is 0.143. The Morgan fingerprint density at radius 1 is 1.17 bits per heavy atom. The Morgan fingerprint density at radius 3 is 2.56 bits per heavy atom. The van der Waals surface area contributed by atoms with Gasteiger partial charge in [-0.1, -0.05) is 35.9 Å². The predicted octanol–water partition coefficient (Wildman–Crippen LogP) is 4.01. The summed E-state index contributed by atoms with van der Waals surface area (Å²) in [6.45, 7) is 1.82. The van der Waals surface area contributed by atoms with Gasteiger partial charge in [0, 0.05) is 10.6 Å². The molecule has 0 aliphatic heterocycles. The zero-order valence-electron chi connectivity index (χ0n) is 9.62. The summed E-state index contributed by atoms with van der Waals surface area (Å²) in [5, 5.41) is 10.5. The molecule has 0 aromatic heterocycles. The molecule has 0 aliphatic carbocycles. The Kier molecular flexibility index (Phi) is 3.64. The van der Waals surface area contributed by atoms with Crippen molar-refractivity contribution in [2.45, 2.75) is 13.0 Å². The number of aliphatic hydroxyl groups excluding tert-OH is 1. The summed E-state index contributed by atoms with van der Waals surface area (Å²) in [5.41, 5.74) is 1.18. The first-order valence-corrected chi connectivity index (χ1v) is 5.76. The Balaban J connectivity index is 2.44. The van der Waals surface area contributed by atoms with Crippen molar-refractivity contribution in [2.24, 2.45) is 0 Å². The molecule has 1 atom stereocenters. The molecule has 18 heavy (non-hydrogen) atoms. The predicted molar refractivity (Wildman–Crippen MR) is 66.6 cm³/mol. The SMILES string of the molecule is Cc1ccc(C(O)c2cccc(F)c2F)cc1Cl. The number of hydrogen-bond donors (Lipinski definition) is 1. The maximum absolute atomic E-state index is 13.5. The molecule has 2 aromatic carbocycles. The highest BCUT2D eigenvalue weighted by molar-refractivity contribution is 6.31. The van der Waals surface area contributed by atoms with Crippen LogP contribution in [0.25, 0.3) is 0 Å². The molecule has 0 radical (unpaired) electrons. The van der Waals surface area contributed by atoms with Gasteiger partial charge in [0.05, 0.1) is 0 Å². The van der Waals surface area contributed by atoms with Gasteiger partial charge in [-0.2, -0.15) is 0 Å². The van der Waals surface area contributed by atoms with Gasteiger partial charge in [0.1, 0.15) is 6.10 Å². The van der Waals surface area contributed by atoms with Crippen LogP contribution >= 0.6 is 11.6 Å². The summed E-state index contributed by atoms with van der Waals surface area (Å²) >= 11 is 5.94. The second-order valence-electron chi connectivity index (χ2n) is 4.05. The van der Waals surface area contributed by atoms with E-state index in [9.17, 15) is 13.9 Å². The Hall–Kier alpha value is -1.45. The van der Waals surface area contributed by atoms with Crippen molar-refractivity contribution in [1.29, 1.82) is 0 Å². The number of rotatable bonds is 2. The highest BCUT2D eigenvalue weighted by atomic mass is 35.5. The van der Waals surface area contributed by atoms with Crippen LogP contribution in [-0.4, -0.2) is 5.11 Å². The smallest absolute Gasteiger partial charge is 0.164 e. The van der Waals surface area contributed by atoms with Crippen molar-refractivity contribution in [3.63, 3.8) is 0 Å². The second-order valence-corrected chi connectivity index (χ2v) is 4.46. The number of aryl methyl sites for hydroxylation is 1. The van der Waals surface area contributed by atoms with Crippen LogP contribution in [0.15, 0.2) is 36.4 Å². The standard InChI is InChI=1S/C14H11ClF2O/c1-8-5-6-9(7-11(8)15)14(18)10-3-2-4-12(16)13(10)17/h2-7,14,18H,1H3. The van der Waals surface area contributed by atoms with E-state index in [4.69, 9.17) is 11.6 Å². The van der Waals surface area contributed by atoms with Crippen LogP contribution in [0.3, 0.4) is 0 Å². The summed E-state index contributed by atoms with van der Waals surface area (Å²) in [6, 6.07) is 8.61. The third kappa shape index (κ3) is 2.37. The largest absolute Gasteiger partial charge is 0.384 e. The van der Waals surface area contributed by atoms with Gasteiger partial charge in [-0.05, 0) is 30.2 Å². The molecule has 2 aromatic rings. The molecule has 0 aliphatic rings. The van der Waals surface area contributed by atoms with Crippen LogP contribution in [0.5, 0.6) is 0 Å². The van der Waals surface area contributed by atoms with Crippen LogP contribution < -0.4 is 0 Å². The molecule has 0 saturated heterocycles. The van der Waals surface area contributed by atoms with Crippen LogP contribution in [-0.2, 0) is 0 Å². The van der Waals surface area contributed by atoms with Gasteiger partial charge in [0.2, 0.25) is 0 Å². The van der Waals surface area contributed by atoms with E-state index < -0.39 is 17.7 Å². The van der Waals surface area contributed by atoms with Crippen molar-refractivity contribution < 1.29 is 13.9 Å². The van der Waals surface area contributed by atoms with Crippen LogP contribution in [0.4, 0.5) is 8.78 Å². The summed E-state index contributed by atoms with van der Waals surface area (Å²) in [5.74, 6) is -2.02. The van der Waals surface area contributed by atoms with Crippen molar-refractivity contribution in [1.82, 2.24) is 0 Å². The highest BCUT2D eigenvalue weighted by Gasteiger charge is 2.18. The van der Waals surface area contributed by atoms with Gasteiger partial charge in [-0.25, -0.2) is 8.78 Å². The third-order valence-corrected chi connectivity index (χ3v) is 3.19. The lowest BCUT2D eigenvalue weighted by molar-refractivity contribution is 0.213. The van der Waals surface area contributed by atoms with E-state index in [2.05, 4.69) is 0 Å². The lowest BCUT2D eigenvalue weighted by Crippen LogP contribution is -2.04. The van der Waals surface area contributed by atoms with Crippen LogP contribution in [0, 0.1) is 18.6 Å². The lowest BCUT2D eigenvalue weighted by Gasteiger charge is -2.13. The van der Waals surface area contributed by atoms with Gasteiger partial charge in [0.25, 0.3) is 0 Å². The second kappa shape index (κ2) is 5.04. The highest BCUT2D eigenvalue weighted by Crippen LogP contribution is 2.28. The minimum Gasteiger partial charge on any atom is -0.384 e. The van der Waals surface area contributed by atoms with Gasteiger partial charge in [0.15, 0.2) is 11.6 Å². The maximum Gasteiger partial charge on any atom is 0.164 e. The summed E-state index contributed by atoms with van der Waals surface area (Å²) in [6.07, 6.45) is -1.24. The van der Waals surface area contributed by atoms with Gasteiger partial charge in [-0.3, -0.25) is 0 Å². The fourth-order valence-corrected chi connectivity index (χ4v) is 1.88. The molecule has 0 spiro atoms. The molecular formula is C14H11ClF2O. The quantitative estimate of drug-likeness (QED) is 0.873. The lowest BCUT2D eigenvalue weighted by atomic mass is 10.00. The Morgan fingerprint density at radius 2 is 1.89 bits per heavy atom. The van der Waals surface area contributed by atoms with E-state index in [0.717, 1.165) is 11.6 Å². The van der Waals surface area contributed by atoms with Crippen molar-refractivity contribution in [2.75, 3.05) is 0 Å². The van der Waals surface area contributed by atoms with E-state index in [0.29, 0.717) is 10.6 Å². The minimum atomic E-state index is -1.24. The average molecular weight is 269 g/mol. The summed E-state index contributed by atoms with van der Waals surface area (Å²) in [4.78, 5) is 0. The van der Waals surface area contributed by atoms with Gasteiger partial charge in [-0.15, -0.1) is 0 Å². The van der Waals surface area contributed by atoms with Gasteiger partial charge < -0.3 is 5.11 Å². The molecule has 4 heteroatoms. The molecule has 0 amide bonds. The van der Waals surface area contributed by atoms with Gasteiger partial charge >= 0.3 is 0 Å². The molecule has 0 fully saturated rings. The summed E-state index contributed by atoms with van der Waals surface area (Å²) < 4.78 is 26.6. The average Bonchev–Trinajstić information content (AvgIpc) is 2.35. The van der Waals surface area contributed by atoms with E-state index >= 15 is 0 Å². The van der Waals surface area contributed by atoms with Crippen LogP contribution in [0.1, 0.15) is 22.8 Å². The molecule has 1 nitrogen and oxygen atoms in total. The monoisotopic (exact) mass is 268 g/mol. The van der Waals surface area contributed by atoms with Crippen molar-refractivity contribution in [3.05, 3.63) is 69.7 Å². The van der Waals surface area contributed by atoms with E-state index in [1.165, 1.54) is 12.1 Å². The number of halogens is 3. The first-order chi connectivity index (χ1) is 8.50. The first-order valence-electron chi connectivity index (χ1n) is 5.38.